The maximum absolute atomic E-state index is 6.27. The topological polar surface area (TPSA) is 35.2 Å². The summed E-state index contributed by atoms with van der Waals surface area (Å²) in [6.45, 7) is 4.24. The molecule has 0 spiro atoms. The van der Waals surface area contributed by atoms with Crippen LogP contribution in [0.15, 0.2) is 36.4 Å². The van der Waals surface area contributed by atoms with E-state index in [9.17, 15) is 0 Å². The molecule has 1 unspecified atom stereocenters. The Morgan fingerprint density at radius 3 is 2.65 bits per heavy atom. The zero-order valence-electron chi connectivity index (χ0n) is 11.7. The van der Waals surface area contributed by atoms with Gasteiger partial charge in [0.15, 0.2) is 0 Å². The molecule has 2 N–H and O–H groups in total. The Morgan fingerprint density at radius 2 is 1.90 bits per heavy atom. The molecule has 104 valence electrons. The van der Waals surface area contributed by atoms with Crippen LogP contribution < -0.4 is 10.5 Å². The third-order valence-electron chi connectivity index (χ3n) is 4.01. The van der Waals surface area contributed by atoms with E-state index in [0.717, 1.165) is 17.7 Å². The van der Waals surface area contributed by atoms with Gasteiger partial charge in [-0.05, 0) is 48.7 Å². The molecule has 1 aliphatic heterocycles. The van der Waals surface area contributed by atoms with E-state index in [0.29, 0.717) is 5.02 Å². The van der Waals surface area contributed by atoms with Gasteiger partial charge in [-0.25, -0.2) is 0 Å². The fraction of sp³-hybridized carbons (Fsp3) is 0.294. The molecule has 0 saturated carbocycles. The number of fused-ring (bicyclic) bond motifs is 1. The second-order valence-electron chi connectivity index (χ2n) is 5.47. The summed E-state index contributed by atoms with van der Waals surface area (Å²) in [7, 11) is 0. The maximum atomic E-state index is 6.27. The lowest BCUT2D eigenvalue weighted by Gasteiger charge is -2.31. The number of hydrogen-bond acceptors (Lipinski definition) is 2. The van der Waals surface area contributed by atoms with Gasteiger partial charge in [0.25, 0.3) is 0 Å². The van der Waals surface area contributed by atoms with E-state index in [1.54, 1.807) is 0 Å². The summed E-state index contributed by atoms with van der Waals surface area (Å²) in [6, 6.07) is 12.1. The van der Waals surface area contributed by atoms with Gasteiger partial charge in [-0.15, -0.1) is 0 Å². The minimum absolute atomic E-state index is 0.0120. The van der Waals surface area contributed by atoms with E-state index < -0.39 is 0 Å². The molecule has 3 heteroatoms. The Bertz CT molecular complexity index is 653. The number of ether oxygens (including phenoxy) is 1. The van der Waals surface area contributed by atoms with Crippen LogP contribution in [0.2, 0.25) is 5.02 Å². The van der Waals surface area contributed by atoms with Crippen LogP contribution in [0.3, 0.4) is 0 Å². The van der Waals surface area contributed by atoms with Gasteiger partial charge in [-0.3, -0.25) is 0 Å². The number of rotatable bonds is 1. The van der Waals surface area contributed by atoms with Crippen LogP contribution in [-0.2, 0) is 0 Å². The molecule has 2 aromatic carbocycles. The van der Waals surface area contributed by atoms with Crippen molar-refractivity contribution in [1.82, 2.24) is 0 Å². The van der Waals surface area contributed by atoms with Crippen LogP contribution in [0.4, 0.5) is 0 Å². The lowest BCUT2D eigenvalue weighted by atomic mass is 9.92. The first-order valence-corrected chi connectivity index (χ1v) is 7.21. The van der Waals surface area contributed by atoms with E-state index in [1.807, 2.05) is 18.2 Å². The van der Waals surface area contributed by atoms with Crippen molar-refractivity contribution >= 4 is 11.6 Å². The molecule has 3 rings (SSSR count). The fourth-order valence-corrected chi connectivity index (χ4v) is 2.82. The van der Waals surface area contributed by atoms with Gasteiger partial charge in [0.05, 0.1) is 0 Å². The van der Waals surface area contributed by atoms with Gasteiger partial charge in [0, 0.05) is 23.0 Å². The lowest BCUT2D eigenvalue weighted by molar-refractivity contribution is 0.161. The summed E-state index contributed by atoms with van der Waals surface area (Å²) in [5.41, 5.74) is 11.0. The molecular formula is C17H18ClNO. The first-order chi connectivity index (χ1) is 9.54. The predicted molar refractivity (Wildman–Crippen MR) is 82.3 cm³/mol. The summed E-state index contributed by atoms with van der Waals surface area (Å²) < 4.78 is 6.10. The molecule has 0 amide bonds. The Labute approximate surface area is 124 Å². The molecule has 20 heavy (non-hydrogen) atoms. The average Bonchev–Trinajstić information content (AvgIpc) is 2.42. The van der Waals surface area contributed by atoms with Crippen molar-refractivity contribution in [1.29, 1.82) is 0 Å². The lowest BCUT2D eigenvalue weighted by Crippen LogP contribution is -2.24. The van der Waals surface area contributed by atoms with Crippen molar-refractivity contribution in [2.45, 2.75) is 32.4 Å². The molecule has 2 aromatic rings. The molecule has 2 atom stereocenters. The van der Waals surface area contributed by atoms with Crippen LogP contribution in [-0.4, -0.2) is 0 Å². The van der Waals surface area contributed by atoms with Gasteiger partial charge in [-0.1, -0.05) is 29.8 Å². The Balaban J connectivity index is 1.94. The molecule has 0 fully saturated rings. The first-order valence-electron chi connectivity index (χ1n) is 6.83. The number of nitrogens with two attached hydrogens (primary N) is 1. The molecular weight excluding hydrogens is 270 g/mol. The second kappa shape index (κ2) is 5.12. The van der Waals surface area contributed by atoms with Gasteiger partial charge in [-0.2, -0.15) is 0 Å². The number of hydrogen-bond donors (Lipinski definition) is 1. The molecule has 0 bridgehead atoms. The summed E-state index contributed by atoms with van der Waals surface area (Å²) >= 11 is 6.02. The molecule has 0 radical (unpaired) electrons. The predicted octanol–water partition coefficient (Wildman–Crippen LogP) is 4.48. The Kier molecular flexibility index (Phi) is 3.45. The smallest absolute Gasteiger partial charge is 0.126 e. The highest BCUT2D eigenvalue weighted by Gasteiger charge is 2.27. The summed E-state index contributed by atoms with van der Waals surface area (Å²) in [6.07, 6.45) is 0.786. The average molecular weight is 288 g/mol. The summed E-state index contributed by atoms with van der Waals surface area (Å²) in [5.74, 6) is 0.844. The van der Waals surface area contributed by atoms with E-state index >= 15 is 0 Å². The van der Waals surface area contributed by atoms with E-state index in [4.69, 9.17) is 22.1 Å². The van der Waals surface area contributed by atoms with Gasteiger partial charge >= 0.3 is 0 Å². The van der Waals surface area contributed by atoms with Gasteiger partial charge < -0.3 is 10.5 Å². The molecule has 0 aromatic heterocycles. The van der Waals surface area contributed by atoms with Crippen molar-refractivity contribution in [3.63, 3.8) is 0 Å². The zero-order valence-corrected chi connectivity index (χ0v) is 12.4. The largest absolute Gasteiger partial charge is 0.485 e. The second-order valence-corrected chi connectivity index (χ2v) is 5.91. The van der Waals surface area contributed by atoms with Crippen LogP contribution in [0.5, 0.6) is 5.75 Å². The fourth-order valence-electron chi connectivity index (χ4n) is 2.64. The number of aryl methyl sites for hydroxylation is 2. The van der Waals surface area contributed by atoms with E-state index in [2.05, 4.69) is 32.0 Å². The van der Waals surface area contributed by atoms with Crippen LogP contribution in [0.25, 0.3) is 0 Å². The van der Waals surface area contributed by atoms with E-state index in [1.165, 1.54) is 16.7 Å². The molecule has 1 heterocycles. The molecule has 0 saturated heterocycles. The normalized spacial score (nSPS) is 21.2. The minimum atomic E-state index is -0.0379. The van der Waals surface area contributed by atoms with Crippen molar-refractivity contribution in [2.75, 3.05) is 0 Å². The van der Waals surface area contributed by atoms with Crippen molar-refractivity contribution in [3.8, 4) is 5.75 Å². The number of halogens is 1. The molecule has 1 aliphatic rings. The monoisotopic (exact) mass is 287 g/mol. The third-order valence-corrected chi connectivity index (χ3v) is 4.25. The minimum Gasteiger partial charge on any atom is -0.485 e. The van der Waals surface area contributed by atoms with Crippen LogP contribution in [0.1, 0.15) is 40.8 Å². The maximum Gasteiger partial charge on any atom is 0.126 e. The molecule has 0 aliphatic carbocycles. The Hall–Kier alpha value is -1.51. The van der Waals surface area contributed by atoms with Crippen LogP contribution >= 0.6 is 11.6 Å². The van der Waals surface area contributed by atoms with Gasteiger partial charge in [0.1, 0.15) is 11.9 Å². The Morgan fingerprint density at radius 1 is 1.10 bits per heavy atom. The highest BCUT2D eigenvalue weighted by atomic mass is 35.5. The third kappa shape index (κ3) is 2.41. The zero-order chi connectivity index (χ0) is 14.3. The number of benzene rings is 2. The van der Waals surface area contributed by atoms with Crippen LogP contribution in [0, 0.1) is 13.8 Å². The van der Waals surface area contributed by atoms with Crippen molar-refractivity contribution in [2.24, 2.45) is 5.73 Å². The highest BCUT2D eigenvalue weighted by molar-refractivity contribution is 6.30. The first kappa shape index (κ1) is 13.5. The standard InChI is InChI=1S/C17H18ClNO/c1-10-3-4-12(7-11(10)2)17-9-15(19)14-8-13(18)5-6-16(14)20-17/h3-8,15,17H,9,19H2,1-2H3/t15-,17?/m0/s1. The van der Waals surface area contributed by atoms with Crippen molar-refractivity contribution in [3.05, 3.63) is 63.7 Å². The summed E-state index contributed by atoms with van der Waals surface area (Å²) in [5, 5.41) is 0.701. The summed E-state index contributed by atoms with van der Waals surface area (Å²) in [4.78, 5) is 0. The van der Waals surface area contributed by atoms with Crippen molar-refractivity contribution < 1.29 is 4.74 Å². The molecule has 2 nitrogen and oxygen atoms in total. The van der Waals surface area contributed by atoms with E-state index in [-0.39, 0.29) is 12.1 Å². The highest BCUT2D eigenvalue weighted by Crippen LogP contribution is 2.40. The van der Waals surface area contributed by atoms with Gasteiger partial charge in [0.2, 0.25) is 0 Å². The SMILES string of the molecule is Cc1ccc(C2C[C@H](N)c3cc(Cl)ccc3O2)cc1C. The quantitative estimate of drug-likeness (QED) is 0.839.